The van der Waals surface area contributed by atoms with Crippen LogP contribution in [0.3, 0.4) is 0 Å². The number of tetrazole rings is 1. The van der Waals surface area contributed by atoms with Crippen molar-refractivity contribution >= 4 is 5.91 Å². The summed E-state index contributed by atoms with van der Waals surface area (Å²) < 4.78 is 1.60. The zero-order chi connectivity index (χ0) is 17.5. The summed E-state index contributed by atoms with van der Waals surface area (Å²) in [4.78, 5) is 16.8. The topological polar surface area (TPSA) is 67.2 Å². The highest BCUT2D eigenvalue weighted by atomic mass is 16.2. The summed E-state index contributed by atoms with van der Waals surface area (Å²) >= 11 is 0. The number of carbonyl (C=O) groups excluding carboxylic acids is 1. The lowest BCUT2D eigenvalue weighted by Crippen LogP contribution is -2.49. The maximum absolute atomic E-state index is 12.4. The molecule has 1 aliphatic heterocycles. The van der Waals surface area contributed by atoms with Crippen LogP contribution in [0.5, 0.6) is 0 Å². The molecule has 0 saturated carbocycles. The van der Waals surface area contributed by atoms with E-state index in [1.165, 1.54) is 5.56 Å². The predicted octanol–water partition coefficient (Wildman–Crippen LogP) is 1.23. The number of benzene rings is 1. The molecule has 134 valence electrons. The Kier molecular flexibility index (Phi) is 6.11. The summed E-state index contributed by atoms with van der Waals surface area (Å²) in [7, 11) is 1.92. The number of hydrogen-bond donors (Lipinski definition) is 0. The Morgan fingerprint density at radius 1 is 1.28 bits per heavy atom. The molecule has 2 aromatic rings. The summed E-state index contributed by atoms with van der Waals surface area (Å²) in [6, 6.07) is 10.9. The highest BCUT2D eigenvalue weighted by Crippen LogP contribution is 2.16. The van der Waals surface area contributed by atoms with Gasteiger partial charge < -0.3 is 9.80 Å². The summed E-state index contributed by atoms with van der Waals surface area (Å²) in [5.74, 6) is 0.158. The smallest absolute Gasteiger partial charge is 0.224 e. The minimum Gasteiger partial charge on any atom is -0.341 e. The van der Waals surface area contributed by atoms with E-state index in [0.29, 0.717) is 19.0 Å². The molecule has 1 unspecified atom stereocenters. The number of likely N-dealkylation sites (N-methyl/N-ethyl adjacent to an activating group) is 1. The average molecular weight is 342 g/mol. The summed E-state index contributed by atoms with van der Waals surface area (Å²) in [5.41, 5.74) is 1.37. The Labute approximate surface area is 148 Å². The molecule has 0 aliphatic carbocycles. The number of nitrogens with zero attached hydrogens (tertiary/aromatic N) is 6. The van der Waals surface area contributed by atoms with Crippen molar-refractivity contribution in [1.29, 1.82) is 0 Å². The van der Waals surface area contributed by atoms with E-state index in [9.17, 15) is 4.79 Å². The minimum absolute atomic E-state index is 0.158. The Bertz CT molecular complexity index is 645. The number of aromatic nitrogens is 4. The first-order valence-corrected chi connectivity index (χ1v) is 8.95. The molecule has 0 N–H and O–H groups in total. The van der Waals surface area contributed by atoms with E-state index in [2.05, 4.69) is 50.8 Å². The van der Waals surface area contributed by atoms with Crippen molar-refractivity contribution in [3.05, 3.63) is 42.2 Å². The van der Waals surface area contributed by atoms with Crippen LogP contribution in [-0.2, 0) is 17.8 Å². The molecule has 0 spiro atoms. The fourth-order valence-corrected chi connectivity index (χ4v) is 3.36. The quantitative estimate of drug-likeness (QED) is 0.757. The molecule has 1 aromatic carbocycles. The van der Waals surface area contributed by atoms with E-state index in [1.807, 2.05) is 11.9 Å². The van der Waals surface area contributed by atoms with Gasteiger partial charge in [0, 0.05) is 32.6 Å². The summed E-state index contributed by atoms with van der Waals surface area (Å²) in [5, 5.41) is 11.0. The predicted molar refractivity (Wildman–Crippen MR) is 94.8 cm³/mol. The van der Waals surface area contributed by atoms with E-state index in [4.69, 9.17) is 0 Å². The van der Waals surface area contributed by atoms with Gasteiger partial charge in [-0.05, 0) is 41.8 Å². The van der Waals surface area contributed by atoms with Gasteiger partial charge in [-0.25, -0.2) is 4.68 Å². The van der Waals surface area contributed by atoms with Crippen LogP contribution in [0.2, 0.25) is 0 Å². The van der Waals surface area contributed by atoms with Gasteiger partial charge in [-0.15, -0.1) is 5.10 Å². The second kappa shape index (κ2) is 8.71. The molecule has 1 aromatic heterocycles. The van der Waals surface area contributed by atoms with E-state index in [0.717, 1.165) is 38.9 Å². The fraction of sp³-hybridized carbons (Fsp3) is 0.556. The van der Waals surface area contributed by atoms with Crippen molar-refractivity contribution in [2.24, 2.45) is 0 Å². The number of aryl methyl sites for hydroxylation is 1. The van der Waals surface area contributed by atoms with E-state index < -0.39 is 0 Å². The lowest BCUT2D eigenvalue weighted by molar-refractivity contribution is -0.133. The van der Waals surface area contributed by atoms with Crippen LogP contribution in [0, 0.1) is 0 Å². The number of carbonyl (C=O) groups is 1. The molecule has 7 nitrogen and oxygen atoms in total. The van der Waals surface area contributed by atoms with E-state index in [-0.39, 0.29) is 5.91 Å². The monoisotopic (exact) mass is 342 g/mol. The molecule has 1 amide bonds. The van der Waals surface area contributed by atoms with E-state index in [1.54, 1.807) is 11.0 Å². The molecule has 1 atom stereocenters. The number of piperidine rings is 1. The average Bonchev–Trinajstić information content (AvgIpc) is 3.18. The standard InChI is InChI=1S/C18H26N6O/c1-22(18(25)10-13-24-15-19-20-21-24)17-8-5-11-23(14-17)12-9-16-6-3-2-4-7-16/h2-4,6-7,15,17H,5,8-14H2,1H3. The lowest BCUT2D eigenvalue weighted by Gasteiger charge is -2.37. The van der Waals surface area contributed by atoms with Crippen molar-refractivity contribution in [2.45, 2.75) is 38.3 Å². The van der Waals surface area contributed by atoms with Crippen molar-refractivity contribution in [1.82, 2.24) is 30.0 Å². The van der Waals surface area contributed by atoms with Gasteiger partial charge in [-0.1, -0.05) is 30.3 Å². The SMILES string of the molecule is CN(C(=O)CCn1cnnn1)C1CCCN(CCc2ccccc2)C1. The second-order valence-electron chi connectivity index (χ2n) is 6.66. The van der Waals surface area contributed by atoms with Gasteiger partial charge in [0.1, 0.15) is 6.33 Å². The van der Waals surface area contributed by atoms with Gasteiger partial charge >= 0.3 is 0 Å². The highest BCUT2D eigenvalue weighted by molar-refractivity contribution is 5.76. The zero-order valence-electron chi connectivity index (χ0n) is 14.8. The second-order valence-corrected chi connectivity index (χ2v) is 6.66. The van der Waals surface area contributed by atoms with Gasteiger partial charge in [0.15, 0.2) is 0 Å². The number of amides is 1. The van der Waals surface area contributed by atoms with Crippen LogP contribution >= 0.6 is 0 Å². The van der Waals surface area contributed by atoms with Crippen LogP contribution in [0.25, 0.3) is 0 Å². The van der Waals surface area contributed by atoms with Gasteiger partial charge in [-0.2, -0.15) is 0 Å². The third kappa shape index (κ3) is 5.09. The van der Waals surface area contributed by atoms with E-state index >= 15 is 0 Å². The fourth-order valence-electron chi connectivity index (χ4n) is 3.36. The normalized spacial score (nSPS) is 18.2. The molecule has 2 heterocycles. The Morgan fingerprint density at radius 2 is 2.12 bits per heavy atom. The van der Waals surface area contributed by atoms with Crippen molar-refractivity contribution < 1.29 is 4.79 Å². The Balaban J connectivity index is 1.45. The number of likely N-dealkylation sites (tertiary alicyclic amines) is 1. The molecule has 25 heavy (non-hydrogen) atoms. The first-order valence-electron chi connectivity index (χ1n) is 8.95. The molecule has 7 heteroatoms. The maximum Gasteiger partial charge on any atom is 0.224 e. The molecule has 0 bridgehead atoms. The largest absolute Gasteiger partial charge is 0.341 e. The third-order valence-corrected chi connectivity index (χ3v) is 4.93. The van der Waals surface area contributed by atoms with Gasteiger partial charge in [0.05, 0.1) is 6.54 Å². The number of hydrogen-bond acceptors (Lipinski definition) is 5. The minimum atomic E-state index is 0.158. The summed E-state index contributed by atoms with van der Waals surface area (Å²) in [6.07, 6.45) is 5.25. The zero-order valence-corrected chi connectivity index (χ0v) is 14.8. The lowest BCUT2D eigenvalue weighted by atomic mass is 10.0. The van der Waals surface area contributed by atoms with Crippen LogP contribution in [0.15, 0.2) is 36.7 Å². The molecular formula is C18H26N6O. The molecule has 1 saturated heterocycles. The molecule has 3 rings (SSSR count). The summed E-state index contributed by atoms with van der Waals surface area (Å²) in [6.45, 7) is 3.66. The first kappa shape index (κ1) is 17.5. The molecule has 1 aliphatic rings. The van der Waals surface area contributed by atoms with Crippen molar-refractivity contribution in [3.63, 3.8) is 0 Å². The van der Waals surface area contributed by atoms with Gasteiger partial charge in [0.25, 0.3) is 0 Å². The Hall–Kier alpha value is -2.28. The third-order valence-electron chi connectivity index (χ3n) is 4.93. The maximum atomic E-state index is 12.4. The van der Waals surface area contributed by atoms with Gasteiger partial charge in [-0.3, -0.25) is 4.79 Å². The molecular weight excluding hydrogens is 316 g/mol. The Morgan fingerprint density at radius 3 is 2.88 bits per heavy atom. The molecule has 1 fully saturated rings. The van der Waals surface area contributed by atoms with Crippen molar-refractivity contribution in [3.8, 4) is 0 Å². The van der Waals surface area contributed by atoms with Crippen LogP contribution in [0.4, 0.5) is 0 Å². The molecule has 0 radical (unpaired) electrons. The highest BCUT2D eigenvalue weighted by Gasteiger charge is 2.25. The first-order chi connectivity index (χ1) is 12.2. The van der Waals surface area contributed by atoms with Crippen LogP contribution in [0.1, 0.15) is 24.8 Å². The van der Waals surface area contributed by atoms with Crippen LogP contribution < -0.4 is 0 Å². The van der Waals surface area contributed by atoms with Gasteiger partial charge in [0.2, 0.25) is 5.91 Å². The van der Waals surface area contributed by atoms with Crippen molar-refractivity contribution in [2.75, 3.05) is 26.7 Å². The van der Waals surface area contributed by atoms with Crippen LogP contribution in [-0.4, -0.2) is 68.6 Å². The number of rotatable bonds is 7.